The summed E-state index contributed by atoms with van der Waals surface area (Å²) in [4.78, 5) is 29.6. The standard InChI is InChI=1S/C14H20ClN3O2/c1-9(2)8-11(14(20)18(3)4)17-13(19)10-6-5-7-16-12(10)15/h5-7,9,11H,8H2,1-4H3,(H,17,19). The van der Waals surface area contributed by atoms with E-state index in [2.05, 4.69) is 10.3 Å². The molecule has 0 aliphatic heterocycles. The first-order chi connectivity index (χ1) is 9.32. The van der Waals surface area contributed by atoms with Gasteiger partial charge in [-0.3, -0.25) is 9.59 Å². The number of nitrogens with zero attached hydrogens (tertiary/aromatic N) is 2. The summed E-state index contributed by atoms with van der Waals surface area (Å²) in [5.74, 6) is -0.232. The molecule has 20 heavy (non-hydrogen) atoms. The molecule has 0 aliphatic rings. The quantitative estimate of drug-likeness (QED) is 0.845. The lowest BCUT2D eigenvalue weighted by Crippen LogP contribution is -2.47. The molecule has 0 aromatic carbocycles. The molecule has 0 spiro atoms. The molecule has 6 heteroatoms. The van der Waals surface area contributed by atoms with Crippen molar-refractivity contribution < 1.29 is 9.59 Å². The SMILES string of the molecule is CC(C)CC(NC(=O)c1cccnc1Cl)C(=O)N(C)C. The molecular formula is C14H20ClN3O2. The van der Waals surface area contributed by atoms with Crippen LogP contribution in [0.25, 0.3) is 0 Å². The van der Waals surface area contributed by atoms with Crippen LogP contribution < -0.4 is 5.32 Å². The molecule has 0 radical (unpaired) electrons. The summed E-state index contributed by atoms with van der Waals surface area (Å²) in [6.07, 6.45) is 2.08. The summed E-state index contributed by atoms with van der Waals surface area (Å²) in [7, 11) is 3.33. The molecule has 0 fully saturated rings. The van der Waals surface area contributed by atoms with Crippen LogP contribution in [0.5, 0.6) is 0 Å². The number of hydrogen-bond acceptors (Lipinski definition) is 3. The summed E-state index contributed by atoms with van der Waals surface area (Å²) < 4.78 is 0. The highest BCUT2D eigenvalue weighted by Gasteiger charge is 2.24. The van der Waals surface area contributed by atoms with E-state index < -0.39 is 6.04 Å². The lowest BCUT2D eigenvalue weighted by Gasteiger charge is -2.23. The minimum Gasteiger partial charge on any atom is -0.347 e. The van der Waals surface area contributed by atoms with Crippen LogP contribution in [0, 0.1) is 5.92 Å². The fourth-order valence-electron chi connectivity index (χ4n) is 1.80. The number of rotatable bonds is 5. The Kier molecular flexibility index (Phi) is 5.95. The van der Waals surface area contributed by atoms with Crippen molar-refractivity contribution in [1.82, 2.24) is 15.2 Å². The molecule has 1 atom stereocenters. The predicted molar refractivity (Wildman–Crippen MR) is 78.7 cm³/mol. The van der Waals surface area contributed by atoms with Crippen molar-refractivity contribution in [3.63, 3.8) is 0 Å². The van der Waals surface area contributed by atoms with E-state index in [0.29, 0.717) is 6.42 Å². The number of aromatic nitrogens is 1. The molecule has 1 heterocycles. The van der Waals surface area contributed by atoms with Crippen LogP contribution in [0.15, 0.2) is 18.3 Å². The third kappa shape index (κ3) is 4.49. The number of halogens is 1. The molecule has 2 amide bonds. The summed E-state index contributed by atoms with van der Waals surface area (Å²) in [6.45, 7) is 4.00. The van der Waals surface area contributed by atoms with Crippen molar-refractivity contribution in [3.8, 4) is 0 Å². The normalized spacial score (nSPS) is 12.1. The van der Waals surface area contributed by atoms with E-state index in [1.807, 2.05) is 13.8 Å². The fraction of sp³-hybridized carbons (Fsp3) is 0.500. The monoisotopic (exact) mass is 297 g/mol. The maximum absolute atomic E-state index is 12.2. The third-order valence-corrected chi connectivity index (χ3v) is 3.06. The van der Waals surface area contributed by atoms with Gasteiger partial charge in [-0.1, -0.05) is 25.4 Å². The Bertz CT molecular complexity index is 489. The average molecular weight is 298 g/mol. The molecule has 0 bridgehead atoms. The Morgan fingerprint density at radius 1 is 1.40 bits per heavy atom. The van der Waals surface area contributed by atoms with Crippen molar-refractivity contribution in [2.24, 2.45) is 5.92 Å². The molecule has 1 aromatic heterocycles. The van der Waals surface area contributed by atoms with E-state index in [1.54, 1.807) is 26.2 Å². The Labute approximate surface area is 124 Å². The number of hydrogen-bond donors (Lipinski definition) is 1. The van der Waals surface area contributed by atoms with Gasteiger partial charge < -0.3 is 10.2 Å². The number of nitrogens with one attached hydrogen (secondary N) is 1. The lowest BCUT2D eigenvalue weighted by atomic mass is 10.0. The Hall–Kier alpha value is -1.62. The van der Waals surface area contributed by atoms with Gasteiger partial charge in [0, 0.05) is 20.3 Å². The summed E-state index contributed by atoms with van der Waals surface area (Å²) in [6, 6.07) is 2.65. The predicted octanol–water partition coefficient (Wildman–Crippen LogP) is 1.97. The molecule has 0 saturated carbocycles. The van der Waals surface area contributed by atoms with Crippen LogP contribution in [-0.4, -0.2) is 41.8 Å². The second-order valence-corrected chi connectivity index (χ2v) is 5.59. The van der Waals surface area contributed by atoms with Gasteiger partial charge in [-0.05, 0) is 24.5 Å². The van der Waals surface area contributed by atoms with Crippen LogP contribution in [0.1, 0.15) is 30.6 Å². The van der Waals surface area contributed by atoms with Crippen molar-refractivity contribution in [1.29, 1.82) is 0 Å². The highest BCUT2D eigenvalue weighted by molar-refractivity contribution is 6.32. The zero-order valence-corrected chi connectivity index (χ0v) is 12.9. The minimum absolute atomic E-state index is 0.130. The zero-order valence-electron chi connectivity index (χ0n) is 12.2. The van der Waals surface area contributed by atoms with Crippen molar-refractivity contribution in [2.75, 3.05) is 14.1 Å². The topological polar surface area (TPSA) is 62.3 Å². The molecular weight excluding hydrogens is 278 g/mol. The fourth-order valence-corrected chi connectivity index (χ4v) is 2.00. The maximum atomic E-state index is 12.2. The summed E-state index contributed by atoms with van der Waals surface area (Å²) in [5, 5.41) is 2.86. The van der Waals surface area contributed by atoms with Gasteiger partial charge in [0.05, 0.1) is 5.56 Å². The molecule has 1 rings (SSSR count). The van der Waals surface area contributed by atoms with Crippen LogP contribution in [0.4, 0.5) is 0 Å². The van der Waals surface area contributed by atoms with Gasteiger partial charge in [0.15, 0.2) is 0 Å². The maximum Gasteiger partial charge on any atom is 0.255 e. The van der Waals surface area contributed by atoms with E-state index in [0.717, 1.165) is 0 Å². The van der Waals surface area contributed by atoms with E-state index in [-0.39, 0.29) is 28.4 Å². The first-order valence-electron chi connectivity index (χ1n) is 6.45. The second-order valence-electron chi connectivity index (χ2n) is 5.23. The average Bonchev–Trinajstić information content (AvgIpc) is 2.36. The molecule has 1 aromatic rings. The Balaban J connectivity index is 2.87. The largest absolute Gasteiger partial charge is 0.347 e. The number of amides is 2. The van der Waals surface area contributed by atoms with Crippen LogP contribution in [-0.2, 0) is 4.79 Å². The molecule has 5 nitrogen and oxygen atoms in total. The van der Waals surface area contributed by atoms with Gasteiger partial charge in [-0.15, -0.1) is 0 Å². The third-order valence-electron chi connectivity index (χ3n) is 2.76. The van der Waals surface area contributed by atoms with Crippen molar-refractivity contribution in [2.45, 2.75) is 26.3 Å². The van der Waals surface area contributed by atoms with Gasteiger partial charge >= 0.3 is 0 Å². The molecule has 110 valence electrons. The minimum atomic E-state index is -0.561. The number of carbonyl (C=O) groups is 2. The van der Waals surface area contributed by atoms with Crippen LogP contribution in [0.2, 0.25) is 5.15 Å². The zero-order chi connectivity index (χ0) is 15.3. The van der Waals surface area contributed by atoms with Crippen molar-refractivity contribution >= 4 is 23.4 Å². The highest BCUT2D eigenvalue weighted by atomic mass is 35.5. The second kappa shape index (κ2) is 7.24. The smallest absolute Gasteiger partial charge is 0.255 e. The summed E-state index contributed by atoms with van der Waals surface area (Å²) in [5.41, 5.74) is 0.273. The Morgan fingerprint density at radius 3 is 2.55 bits per heavy atom. The van der Waals surface area contributed by atoms with Gasteiger partial charge in [0.25, 0.3) is 5.91 Å². The molecule has 1 N–H and O–H groups in total. The number of pyridine rings is 1. The lowest BCUT2D eigenvalue weighted by molar-refractivity contribution is -0.131. The Morgan fingerprint density at radius 2 is 2.05 bits per heavy atom. The van der Waals surface area contributed by atoms with E-state index in [9.17, 15) is 9.59 Å². The van der Waals surface area contributed by atoms with Crippen LogP contribution in [0.3, 0.4) is 0 Å². The first kappa shape index (κ1) is 16.4. The van der Waals surface area contributed by atoms with E-state index in [4.69, 9.17) is 11.6 Å². The van der Waals surface area contributed by atoms with E-state index in [1.165, 1.54) is 11.1 Å². The number of carbonyl (C=O) groups excluding carboxylic acids is 2. The van der Waals surface area contributed by atoms with Gasteiger partial charge in [-0.2, -0.15) is 0 Å². The molecule has 1 unspecified atom stereocenters. The van der Waals surface area contributed by atoms with Gasteiger partial charge in [0.1, 0.15) is 11.2 Å². The van der Waals surface area contributed by atoms with Crippen LogP contribution >= 0.6 is 11.6 Å². The van der Waals surface area contributed by atoms with Gasteiger partial charge in [0.2, 0.25) is 5.91 Å². The summed E-state index contributed by atoms with van der Waals surface area (Å²) >= 11 is 5.88. The number of likely N-dealkylation sites (N-methyl/N-ethyl adjacent to an activating group) is 1. The van der Waals surface area contributed by atoms with Gasteiger partial charge in [-0.25, -0.2) is 4.98 Å². The first-order valence-corrected chi connectivity index (χ1v) is 6.83. The highest BCUT2D eigenvalue weighted by Crippen LogP contribution is 2.13. The molecule has 0 aliphatic carbocycles. The van der Waals surface area contributed by atoms with Crippen molar-refractivity contribution in [3.05, 3.63) is 29.0 Å². The molecule has 0 saturated heterocycles. The van der Waals surface area contributed by atoms with E-state index >= 15 is 0 Å².